The van der Waals surface area contributed by atoms with Gasteiger partial charge in [0.15, 0.2) is 0 Å². The summed E-state index contributed by atoms with van der Waals surface area (Å²) in [6, 6.07) is 7.05. The van der Waals surface area contributed by atoms with Gasteiger partial charge < -0.3 is 10.6 Å². The number of pyridine rings is 1. The summed E-state index contributed by atoms with van der Waals surface area (Å²) in [6.45, 7) is -1.80. The lowest BCUT2D eigenvalue weighted by atomic mass is 9.77. The zero-order chi connectivity index (χ0) is 31.3. The number of alkyl halides is 12. The molecule has 0 radical (unpaired) electrons. The van der Waals surface area contributed by atoms with Gasteiger partial charge in [0.05, 0.1) is 22.4 Å². The summed E-state index contributed by atoms with van der Waals surface area (Å²) in [7, 11) is 0. The standard InChI is InChI=1S/C27H21F12N3/c28-24(29,30)17-9-16(10-18(11-17)25(31,32)33)23(27(37,38)39)6-8-42(14-23)22-13-19(26(34,35)36)12-21(41-22)20-4-2-1-3-15(20)5-7-40/h1-4,9-13H,5-8,14,40H2. The summed E-state index contributed by atoms with van der Waals surface area (Å²) in [5, 5.41) is 0. The first-order chi connectivity index (χ1) is 19.3. The molecule has 228 valence electrons. The topological polar surface area (TPSA) is 42.1 Å². The van der Waals surface area contributed by atoms with Gasteiger partial charge in [-0.1, -0.05) is 24.3 Å². The van der Waals surface area contributed by atoms with Gasteiger partial charge in [0, 0.05) is 18.7 Å². The van der Waals surface area contributed by atoms with E-state index in [9.17, 15) is 52.7 Å². The molecule has 4 rings (SSSR count). The number of anilines is 1. The van der Waals surface area contributed by atoms with Gasteiger partial charge in [0.1, 0.15) is 11.2 Å². The van der Waals surface area contributed by atoms with Gasteiger partial charge >= 0.3 is 24.7 Å². The average Bonchev–Trinajstić information content (AvgIpc) is 3.35. The van der Waals surface area contributed by atoms with Crippen molar-refractivity contribution in [1.29, 1.82) is 0 Å². The lowest BCUT2D eigenvalue weighted by Crippen LogP contribution is -2.45. The molecule has 3 aromatic rings. The number of hydrogen-bond donors (Lipinski definition) is 1. The molecule has 2 aromatic carbocycles. The minimum Gasteiger partial charge on any atom is -0.355 e. The van der Waals surface area contributed by atoms with E-state index < -0.39 is 77.7 Å². The van der Waals surface area contributed by atoms with E-state index in [-0.39, 0.29) is 42.4 Å². The molecule has 1 atom stereocenters. The second kappa shape index (κ2) is 10.7. The fraction of sp³-hybridized carbons (Fsp3) is 0.370. The van der Waals surface area contributed by atoms with Crippen LogP contribution >= 0.6 is 0 Å². The Labute approximate surface area is 230 Å². The third kappa shape index (κ3) is 6.15. The Balaban J connectivity index is 1.88. The molecule has 0 bridgehead atoms. The molecule has 1 aliphatic heterocycles. The van der Waals surface area contributed by atoms with Crippen LogP contribution in [0, 0.1) is 0 Å². The van der Waals surface area contributed by atoms with Crippen molar-refractivity contribution < 1.29 is 52.7 Å². The summed E-state index contributed by atoms with van der Waals surface area (Å²) in [5.74, 6) is -0.573. The Hall–Kier alpha value is -3.49. The van der Waals surface area contributed by atoms with Gasteiger partial charge in [-0.25, -0.2) is 4.98 Å². The Morgan fingerprint density at radius 3 is 1.81 bits per heavy atom. The van der Waals surface area contributed by atoms with E-state index in [1.165, 1.54) is 12.1 Å². The molecule has 0 amide bonds. The Kier molecular flexibility index (Phi) is 7.98. The van der Waals surface area contributed by atoms with Crippen LogP contribution in [0.15, 0.2) is 54.6 Å². The SMILES string of the molecule is NCCc1ccccc1-c1cc(C(F)(F)F)cc(N2CCC(c3cc(C(F)(F)F)cc(C(F)(F)F)c3)(C(F)(F)F)C2)n1. The number of nitrogens with two attached hydrogens (primary N) is 1. The number of hydrogen-bond acceptors (Lipinski definition) is 3. The third-order valence-corrected chi connectivity index (χ3v) is 7.12. The summed E-state index contributed by atoms with van der Waals surface area (Å²) in [6.07, 6.45) is -22.0. The Morgan fingerprint density at radius 2 is 1.29 bits per heavy atom. The molecule has 0 aliphatic carbocycles. The fourth-order valence-electron chi connectivity index (χ4n) is 4.99. The lowest BCUT2D eigenvalue weighted by Gasteiger charge is -2.33. The average molecular weight is 615 g/mol. The molecule has 2 heterocycles. The number of benzene rings is 2. The summed E-state index contributed by atoms with van der Waals surface area (Å²) < 4.78 is 166. The molecule has 2 N–H and O–H groups in total. The molecular weight excluding hydrogens is 594 g/mol. The molecular formula is C27H21F12N3. The maximum Gasteiger partial charge on any atom is 0.416 e. The van der Waals surface area contributed by atoms with Crippen LogP contribution in [0.1, 0.15) is 34.2 Å². The predicted octanol–water partition coefficient (Wildman–Crippen LogP) is 8.02. The van der Waals surface area contributed by atoms with Crippen molar-refractivity contribution in [3.63, 3.8) is 0 Å². The van der Waals surface area contributed by atoms with Crippen molar-refractivity contribution in [3.05, 3.63) is 82.4 Å². The minimum atomic E-state index is -5.41. The maximum atomic E-state index is 14.6. The quantitative estimate of drug-likeness (QED) is 0.296. The van der Waals surface area contributed by atoms with Crippen molar-refractivity contribution >= 4 is 5.82 Å². The van der Waals surface area contributed by atoms with Crippen molar-refractivity contribution in [1.82, 2.24) is 4.98 Å². The first-order valence-electron chi connectivity index (χ1n) is 12.3. The van der Waals surface area contributed by atoms with Crippen LogP contribution in [-0.2, 0) is 30.4 Å². The second-order valence-electron chi connectivity index (χ2n) is 9.84. The molecule has 0 saturated carbocycles. The first-order valence-corrected chi connectivity index (χ1v) is 12.3. The second-order valence-corrected chi connectivity index (χ2v) is 9.84. The van der Waals surface area contributed by atoms with Crippen LogP contribution < -0.4 is 10.6 Å². The number of aromatic nitrogens is 1. The molecule has 1 saturated heterocycles. The smallest absolute Gasteiger partial charge is 0.355 e. The highest BCUT2D eigenvalue weighted by molar-refractivity contribution is 5.67. The van der Waals surface area contributed by atoms with Crippen molar-refractivity contribution in [2.75, 3.05) is 24.5 Å². The van der Waals surface area contributed by atoms with E-state index in [1.807, 2.05) is 0 Å². The Bertz CT molecular complexity index is 1410. The van der Waals surface area contributed by atoms with Gasteiger partial charge in [-0.3, -0.25) is 0 Å². The van der Waals surface area contributed by atoms with E-state index in [1.54, 1.807) is 12.1 Å². The number of rotatable bonds is 5. The van der Waals surface area contributed by atoms with Crippen LogP contribution in [-0.4, -0.2) is 30.8 Å². The van der Waals surface area contributed by atoms with Gasteiger partial charge in [-0.2, -0.15) is 52.7 Å². The van der Waals surface area contributed by atoms with Crippen LogP contribution in [0.3, 0.4) is 0 Å². The van der Waals surface area contributed by atoms with E-state index in [0.717, 1.165) is 4.90 Å². The van der Waals surface area contributed by atoms with Crippen molar-refractivity contribution in [3.8, 4) is 11.3 Å². The molecule has 1 unspecified atom stereocenters. The van der Waals surface area contributed by atoms with Crippen LogP contribution in [0.2, 0.25) is 0 Å². The third-order valence-electron chi connectivity index (χ3n) is 7.12. The summed E-state index contributed by atoms with van der Waals surface area (Å²) in [4.78, 5) is 4.94. The van der Waals surface area contributed by atoms with Crippen LogP contribution in [0.4, 0.5) is 58.5 Å². The normalized spacial score (nSPS) is 18.5. The van der Waals surface area contributed by atoms with E-state index in [0.29, 0.717) is 17.7 Å². The molecule has 1 aliphatic rings. The largest absolute Gasteiger partial charge is 0.416 e. The molecule has 1 aromatic heterocycles. The zero-order valence-electron chi connectivity index (χ0n) is 21.2. The Morgan fingerprint density at radius 1 is 0.738 bits per heavy atom. The molecule has 15 heteroatoms. The lowest BCUT2D eigenvalue weighted by molar-refractivity contribution is -0.185. The van der Waals surface area contributed by atoms with E-state index in [2.05, 4.69) is 4.98 Å². The number of nitrogens with zero attached hydrogens (tertiary/aromatic N) is 2. The van der Waals surface area contributed by atoms with E-state index in [4.69, 9.17) is 5.73 Å². The highest BCUT2D eigenvalue weighted by Crippen LogP contribution is 2.51. The van der Waals surface area contributed by atoms with Crippen LogP contribution in [0.5, 0.6) is 0 Å². The highest BCUT2D eigenvalue weighted by atomic mass is 19.4. The number of halogens is 12. The van der Waals surface area contributed by atoms with Gasteiger partial charge in [0.2, 0.25) is 0 Å². The van der Waals surface area contributed by atoms with E-state index >= 15 is 0 Å². The van der Waals surface area contributed by atoms with Crippen molar-refractivity contribution in [2.24, 2.45) is 5.73 Å². The highest BCUT2D eigenvalue weighted by Gasteiger charge is 2.60. The molecule has 1 fully saturated rings. The van der Waals surface area contributed by atoms with Gasteiger partial charge in [0.25, 0.3) is 0 Å². The molecule has 0 spiro atoms. The first kappa shape index (κ1) is 31.4. The summed E-state index contributed by atoms with van der Waals surface area (Å²) >= 11 is 0. The zero-order valence-corrected chi connectivity index (χ0v) is 21.2. The van der Waals surface area contributed by atoms with Crippen molar-refractivity contribution in [2.45, 2.75) is 43.0 Å². The fourth-order valence-corrected chi connectivity index (χ4v) is 4.99. The van der Waals surface area contributed by atoms with Crippen LogP contribution in [0.25, 0.3) is 11.3 Å². The monoisotopic (exact) mass is 615 g/mol. The van der Waals surface area contributed by atoms with Gasteiger partial charge in [-0.15, -0.1) is 0 Å². The minimum absolute atomic E-state index is 0.000287. The predicted molar refractivity (Wildman–Crippen MR) is 128 cm³/mol. The maximum absolute atomic E-state index is 14.6. The molecule has 3 nitrogen and oxygen atoms in total. The van der Waals surface area contributed by atoms with Gasteiger partial charge in [-0.05, 0) is 60.8 Å². The summed E-state index contributed by atoms with van der Waals surface area (Å²) in [5.41, 5.74) is -3.65. The molecule has 42 heavy (non-hydrogen) atoms.